The van der Waals surface area contributed by atoms with Gasteiger partial charge in [-0.2, -0.15) is 0 Å². The van der Waals surface area contributed by atoms with Gasteiger partial charge >= 0.3 is 11.9 Å². The summed E-state index contributed by atoms with van der Waals surface area (Å²) in [6.07, 6.45) is -8.96. The number of unbranched alkanes of at least 4 members (excludes halogenated alkanes) is 7. The fourth-order valence-electron chi connectivity index (χ4n) is 17.0. The van der Waals surface area contributed by atoms with E-state index in [0.717, 1.165) is 63.2 Å². The van der Waals surface area contributed by atoms with Crippen molar-refractivity contribution in [2.45, 2.75) is 282 Å². The number of nitrogens with one attached hydrogen (secondary N) is 1. The molecule has 21 heteroatoms. The Kier molecular flexibility index (Phi) is 21.7. The molecule has 3 heterocycles. The van der Waals surface area contributed by atoms with Crippen LogP contribution in [0.5, 0.6) is 0 Å². The second-order valence-corrected chi connectivity index (χ2v) is 27.4. The predicted molar refractivity (Wildman–Crippen MR) is 296 cm³/mol. The summed E-state index contributed by atoms with van der Waals surface area (Å²) >= 11 is 0. The van der Waals surface area contributed by atoms with Crippen LogP contribution < -0.4 is 5.32 Å². The largest absolute Gasteiger partial charge is 0.481 e. The molecule has 24 atom stereocenters. The molecule has 4 aliphatic carbocycles. The van der Waals surface area contributed by atoms with Gasteiger partial charge in [-0.1, -0.05) is 105 Å². The van der Waals surface area contributed by atoms with Gasteiger partial charge in [0.1, 0.15) is 60.5 Å². The molecule has 3 aliphatic heterocycles. The van der Waals surface area contributed by atoms with Gasteiger partial charge in [0, 0.05) is 12.8 Å². The van der Waals surface area contributed by atoms with E-state index in [1.165, 1.54) is 6.92 Å². The number of aliphatic hydroxyl groups excluding tert-OH is 9. The number of aldehydes is 1. The Hall–Kier alpha value is -2.74. The second kappa shape index (κ2) is 26.7. The molecule has 4 saturated carbocycles. The number of amides is 1. The zero-order chi connectivity index (χ0) is 60.5. The summed E-state index contributed by atoms with van der Waals surface area (Å²) in [6, 6.07) is -1.37. The lowest BCUT2D eigenvalue weighted by atomic mass is 9.35. The average molecular weight is 1170 g/mol. The number of hydrogen-bond acceptors (Lipinski definition) is 19. The molecule has 0 aromatic rings. The van der Waals surface area contributed by atoms with Crippen molar-refractivity contribution in [2.24, 2.45) is 50.2 Å². The van der Waals surface area contributed by atoms with Crippen LogP contribution in [-0.4, -0.2) is 187 Å². The molecule has 0 aromatic heterocycles. The quantitative estimate of drug-likeness (QED) is 0.0315. The van der Waals surface area contributed by atoms with Gasteiger partial charge in [0.25, 0.3) is 0 Å². The SMILES string of the molecule is C/C=C1/C2CC(C)(C)CCC2(C(=O)O[C@@H]2O[C@H](CO)C(NC(=O)CCCCCCCCCCC(=O)O)C(O)C2O[C@@H]2O[C@H](C)C(O[C@@H]3OC[C@@H](O)C(O)C3O)C(O)C2O)[C@@H](O)C[C@@]1(C)[C@]1(C)CC[C@H]2C(C)(C=O)C(O)CCC2(C)C1CC. The molecule has 11 N–H and O–H groups in total. The van der Waals surface area contributed by atoms with E-state index in [2.05, 4.69) is 52.9 Å². The predicted octanol–water partition coefficient (Wildman–Crippen LogP) is 4.09. The van der Waals surface area contributed by atoms with Crippen LogP contribution in [0.3, 0.4) is 0 Å². The van der Waals surface area contributed by atoms with Crippen molar-refractivity contribution in [3.8, 4) is 0 Å². The van der Waals surface area contributed by atoms with E-state index >= 15 is 4.79 Å². The van der Waals surface area contributed by atoms with Crippen molar-refractivity contribution >= 4 is 24.1 Å². The highest BCUT2D eigenvalue weighted by Gasteiger charge is 2.71. The van der Waals surface area contributed by atoms with Gasteiger partial charge in [-0.15, -0.1) is 0 Å². The summed E-state index contributed by atoms with van der Waals surface area (Å²) in [7, 11) is 0. The molecule has 1 amide bonds. The highest BCUT2D eigenvalue weighted by molar-refractivity contribution is 5.80. The number of ether oxygens (including phenoxy) is 6. The number of carbonyl (C=O) groups excluding carboxylic acids is 3. The highest BCUT2D eigenvalue weighted by Crippen LogP contribution is 2.74. The lowest BCUT2D eigenvalue weighted by Gasteiger charge is -2.69. The number of carboxylic acids is 1. The van der Waals surface area contributed by atoms with E-state index in [-0.39, 0.29) is 48.3 Å². The van der Waals surface area contributed by atoms with Crippen LogP contribution in [0.2, 0.25) is 0 Å². The van der Waals surface area contributed by atoms with E-state index in [1.807, 2.05) is 13.8 Å². The number of rotatable bonds is 22. The molecule has 0 bridgehead atoms. The molecular formula is C61H101NO20. The van der Waals surface area contributed by atoms with Crippen molar-refractivity contribution in [2.75, 3.05) is 13.2 Å². The lowest BCUT2D eigenvalue weighted by Crippen LogP contribution is -2.69. The standard InChI is InChI=1S/C61H101NO20/c1-10-34-35-28-56(4,5)26-27-61(35,41(67)29-60(34,9)59(8)25-22-39-57(6,38(59)11-2)24-23-40(66)58(39,7)32-64)55(76)82-54-51(81-53-49(75)47(73)50(33(3)78-53)80-52-48(74)45(71)36(65)31-77-52)46(72)44(37(30-63)79-54)62-42(68)20-18-16-14-12-13-15-17-19-21-43(69)70/h10,32-33,35-41,44-54,63,65-67,71-75H,11-31H2,1-9H3,(H,62,68)(H,69,70)/b34-10-/t33-,35?,36-,37-,38?,39-,40?,41+,44?,45?,46?,47?,48?,49?,50?,51?,52+,53+,54+,57?,58?,59-,60-,61?/m1/s1. The summed E-state index contributed by atoms with van der Waals surface area (Å²) in [4.78, 5) is 53.2. The number of aliphatic carboxylic acids is 1. The molecular weight excluding hydrogens is 1070 g/mol. The maximum absolute atomic E-state index is 15.8. The highest BCUT2D eigenvalue weighted by atomic mass is 16.8. The summed E-state index contributed by atoms with van der Waals surface area (Å²) < 4.78 is 36.5. The molecule has 0 radical (unpaired) electrons. The first-order valence-electron chi connectivity index (χ1n) is 30.7. The lowest BCUT2D eigenvalue weighted by molar-refractivity contribution is -0.370. The summed E-state index contributed by atoms with van der Waals surface area (Å²) in [5.41, 5.74) is -3.23. The topological polar surface area (TPSA) is 338 Å². The Morgan fingerprint density at radius 1 is 0.707 bits per heavy atom. The van der Waals surface area contributed by atoms with Crippen LogP contribution >= 0.6 is 0 Å². The third-order valence-electron chi connectivity index (χ3n) is 21.9. The Morgan fingerprint density at radius 2 is 1.33 bits per heavy atom. The number of hydrogen-bond donors (Lipinski definition) is 11. The van der Waals surface area contributed by atoms with Gasteiger partial charge in [-0.25, -0.2) is 0 Å². The maximum Gasteiger partial charge on any atom is 0.317 e. The Morgan fingerprint density at radius 3 is 1.94 bits per heavy atom. The minimum Gasteiger partial charge on any atom is -0.481 e. The van der Waals surface area contributed by atoms with Gasteiger partial charge in [-0.3, -0.25) is 14.4 Å². The zero-order valence-corrected chi connectivity index (χ0v) is 50.0. The first kappa shape index (κ1) is 66.8. The van der Waals surface area contributed by atoms with Gasteiger partial charge in [0.15, 0.2) is 18.7 Å². The zero-order valence-electron chi connectivity index (χ0n) is 50.0. The van der Waals surface area contributed by atoms with Crippen molar-refractivity contribution in [3.63, 3.8) is 0 Å². The summed E-state index contributed by atoms with van der Waals surface area (Å²) in [6.45, 7) is 17.4. The first-order chi connectivity index (χ1) is 38.5. The number of allylic oxidation sites excluding steroid dienone is 2. The van der Waals surface area contributed by atoms with E-state index < -0.39 is 157 Å². The Balaban J connectivity index is 1.16. The molecule has 21 nitrogen and oxygen atoms in total. The molecule has 7 rings (SSSR count). The summed E-state index contributed by atoms with van der Waals surface area (Å²) in [5.74, 6) is -2.71. The molecule has 470 valence electrons. The van der Waals surface area contributed by atoms with Gasteiger partial charge < -0.3 is 89.6 Å². The molecule has 7 aliphatic rings. The normalized spacial score (nSPS) is 46.3. The number of esters is 1. The van der Waals surface area contributed by atoms with Crippen LogP contribution in [0.1, 0.15) is 184 Å². The number of aliphatic hydroxyl groups is 9. The fraction of sp³-hybridized carbons (Fsp3) is 0.902. The molecule has 0 spiro atoms. The van der Waals surface area contributed by atoms with Crippen molar-refractivity contribution in [1.82, 2.24) is 5.32 Å². The van der Waals surface area contributed by atoms with Crippen LogP contribution in [0.4, 0.5) is 0 Å². The molecule has 0 aromatic carbocycles. The fourth-order valence-corrected chi connectivity index (χ4v) is 17.0. The van der Waals surface area contributed by atoms with Crippen molar-refractivity contribution in [3.05, 3.63) is 11.6 Å². The average Bonchev–Trinajstić information content (AvgIpc) is 3.54. The number of carbonyl (C=O) groups is 4. The van der Waals surface area contributed by atoms with E-state index in [4.69, 9.17) is 33.5 Å². The molecule has 7 fully saturated rings. The smallest absolute Gasteiger partial charge is 0.317 e. The molecule has 14 unspecified atom stereocenters. The van der Waals surface area contributed by atoms with E-state index in [0.29, 0.717) is 44.9 Å². The monoisotopic (exact) mass is 1170 g/mol. The van der Waals surface area contributed by atoms with Gasteiger partial charge in [0.2, 0.25) is 12.2 Å². The maximum atomic E-state index is 15.8. The molecule has 82 heavy (non-hydrogen) atoms. The summed E-state index contributed by atoms with van der Waals surface area (Å²) in [5, 5.41) is 114. The Labute approximate surface area is 484 Å². The van der Waals surface area contributed by atoms with Gasteiger partial charge in [-0.05, 0) is 117 Å². The first-order valence-corrected chi connectivity index (χ1v) is 30.7. The minimum absolute atomic E-state index is 0.0539. The van der Waals surface area contributed by atoms with Crippen LogP contribution in [0.25, 0.3) is 0 Å². The minimum atomic E-state index is -1.95. The van der Waals surface area contributed by atoms with Crippen molar-refractivity contribution < 1.29 is 98.7 Å². The van der Waals surface area contributed by atoms with Crippen LogP contribution in [0.15, 0.2) is 11.6 Å². The van der Waals surface area contributed by atoms with Crippen molar-refractivity contribution in [1.29, 1.82) is 0 Å². The van der Waals surface area contributed by atoms with Crippen LogP contribution in [0, 0.1) is 50.2 Å². The van der Waals surface area contributed by atoms with Crippen LogP contribution in [-0.2, 0) is 47.6 Å². The van der Waals surface area contributed by atoms with Gasteiger partial charge in [0.05, 0.1) is 43.0 Å². The third kappa shape index (κ3) is 12.7. The third-order valence-corrected chi connectivity index (χ3v) is 21.9. The number of fused-ring (bicyclic) bond motifs is 2. The van der Waals surface area contributed by atoms with E-state index in [9.17, 15) is 60.3 Å². The second-order valence-electron chi connectivity index (χ2n) is 27.4. The Bertz CT molecular complexity index is 2220. The molecule has 3 saturated heterocycles. The number of carboxylic acid groups (broad SMARTS) is 1. The van der Waals surface area contributed by atoms with E-state index in [1.54, 1.807) is 0 Å².